The van der Waals surface area contributed by atoms with E-state index in [2.05, 4.69) is 21.3 Å². The van der Waals surface area contributed by atoms with Gasteiger partial charge in [0.15, 0.2) is 0 Å². The lowest BCUT2D eigenvalue weighted by molar-refractivity contribution is -0.134. The molecule has 0 aliphatic heterocycles. The summed E-state index contributed by atoms with van der Waals surface area (Å²) in [5.74, 6) is -2.63. The zero-order valence-electron chi connectivity index (χ0n) is 28.9. The first-order chi connectivity index (χ1) is 23.6. The first-order valence-electron chi connectivity index (χ1n) is 16.2. The normalized spacial score (nSPS) is 13.2. The summed E-state index contributed by atoms with van der Waals surface area (Å²) >= 11 is 0. The largest absolute Gasteiger partial charge is 0.491 e. The maximum absolute atomic E-state index is 13.5. The number of hydrogen-bond donors (Lipinski definition) is 5. The standard InChI is InChI=1S/C38H44FN5O6/c1-24-12-14-27(15-13-24)22-41-36(48)32(23-50-31-11-7-9-28(20-31)18-29(21-40)35(47)44-38(3,4)5)42-37(49)34(25(2)45)43-33(46)17-16-26-8-6-10-30(39)19-26/h6-15,18-20,25,32,34,45H,16-17,22-23H2,1-5H3,(H,41,48)(H,42,49)(H,43,46)(H,44,47)/t25-,32+,34+/m1/s1. The zero-order chi connectivity index (χ0) is 36.8. The lowest BCUT2D eigenvalue weighted by atomic mass is 10.1. The second-order valence-corrected chi connectivity index (χ2v) is 12.9. The number of halogens is 1. The van der Waals surface area contributed by atoms with Gasteiger partial charge in [-0.15, -0.1) is 0 Å². The van der Waals surface area contributed by atoms with E-state index in [4.69, 9.17) is 4.74 Å². The van der Waals surface area contributed by atoms with Crippen LogP contribution < -0.4 is 26.0 Å². The van der Waals surface area contributed by atoms with Crippen LogP contribution in [0.1, 0.15) is 56.4 Å². The van der Waals surface area contributed by atoms with Crippen molar-refractivity contribution in [2.45, 2.75) is 77.7 Å². The lowest BCUT2D eigenvalue weighted by Crippen LogP contribution is -2.58. The molecule has 0 heterocycles. The van der Waals surface area contributed by atoms with Gasteiger partial charge in [-0.2, -0.15) is 5.26 Å². The number of nitrogens with zero attached hydrogens (tertiary/aromatic N) is 1. The van der Waals surface area contributed by atoms with Gasteiger partial charge in [0.25, 0.3) is 5.91 Å². The topological polar surface area (TPSA) is 170 Å². The second-order valence-electron chi connectivity index (χ2n) is 12.9. The van der Waals surface area contributed by atoms with Crippen molar-refractivity contribution in [1.82, 2.24) is 21.3 Å². The molecule has 264 valence electrons. The number of rotatable bonds is 15. The summed E-state index contributed by atoms with van der Waals surface area (Å²) in [7, 11) is 0. The molecule has 12 heteroatoms. The molecule has 11 nitrogen and oxygen atoms in total. The van der Waals surface area contributed by atoms with Crippen LogP contribution >= 0.6 is 0 Å². The van der Waals surface area contributed by atoms with Crippen molar-refractivity contribution in [2.75, 3.05) is 6.61 Å². The van der Waals surface area contributed by atoms with E-state index in [9.17, 15) is 33.9 Å². The Labute approximate surface area is 291 Å². The molecule has 3 aromatic rings. The number of benzene rings is 3. The first-order valence-corrected chi connectivity index (χ1v) is 16.2. The third-order valence-electron chi connectivity index (χ3n) is 7.27. The molecular formula is C38H44FN5O6. The van der Waals surface area contributed by atoms with Gasteiger partial charge in [0.05, 0.1) is 6.10 Å². The van der Waals surface area contributed by atoms with Crippen LogP contribution in [0.2, 0.25) is 0 Å². The van der Waals surface area contributed by atoms with Crippen molar-refractivity contribution in [1.29, 1.82) is 5.26 Å². The van der Waals surface area contributed by atoms with Gasteiger partial charge in [-0.1, -0.05) is 54.1 Å². The predicted octanol–water partition coefficient (Wildman–Crippen LogP) is 3.63. The predicted molar refractivity (Wildman–Crippen MR) is 187 cm³/mol. The Bertz CT molecular complexity index is 1730. The van der Waals surface area contributed by atoms with Crippen LogP contribution in [0.4, 0.5) is 4.39 Å². The Kier molecular flexibility index (Phi) is 14.2. The van der Waals surface area contributed by atoms with Crippen molar-refractivity contribution < 1.29 is 33.4 Å². The molecule has 4 amide bonds. The SMILES string of the molecule is Cc1ccc(CNC(=O)[C@H](COc2cccc(C=C(C#N)C(=O)NC(C)(C)C)c2)NC(=O)[C@@H](NC(=O)CCc2cccc(F)c2)[C@@H](C)O)cc1. The summed E-state index contributed by atoms with van der Waals surface area (Å²) in [5, 5.41) is 30.6. The Morgan fingerprint density at radius 2 is 1.66 bits per heavy atom. The van der Waals surface area contributed by atoms with Crippen molar-refractivity contribution in [3.63, 3.8) is 0 Å². The Morgan fingerprint density at radius 3 is 2.30 bits per heavy atom. The maximum atomic E-state index is 13.5. The van der Waals surface area contributed by atoms with Crippen LogP contribution in [0.15, 0.2) is 78.4 Å². The van der Waals surface area contributed by atoms with E-state index in [1.165, 1.54) is 31.2 Å². The molecule has 0 saturated carbocycles. The lowest BCUT2D eigenvalue weighted by Gasteiger charge is -2.25. The smallest absolute Gasteiger partial charge is 0.262 e. The molecule has 0 aromatic heterocycles. The molecule has 3 atom stereocenters. The number of aryl methyl sites for hydroxylation is 2. The summed E-state index contributed by atoms with van der Waals surface area (Å²) in [6.07, 6.45) is 0.227. The highest BCUT2D eigenvalue weighted by Crippen LogP contribution is 2.17. The van der Waals surface area contributed by atoms with Crippen molar-refractivity contribution in [3.05, 3.63) is 106 Å². The molecule has 5 N–H and O–H groups in total. The minimum Gasteiger partial charge on any atom is -0.491 e. The highest BCUT2D eigenvalue weighted by Gasteiger charge is 2.30. The van der Waals surface area contributed by atoms with Crippen molar-refractivity contribution in [3.8, 4) is 11.8 Å². The third kappa shape index (κ3) is 13.2. The van der Waals surface area contributed by atoms with Gasteiger partial charge >= 0.3 is 0 Å². The minimum atomic E-state index is -1.40. The summed E-state index contributed by atoms with van der Waals surface area (Å²) in [5.41, 5.74) is 2.30. The van der Waals surface area contributed by atoms with Crippen LogP contribution in [0.25, 0.3) is 6.08 Å². The molecule has 0 saturated heterocycles. The quantitative estimate of drug-likeness (QED) is 0.120. The van der Waals surface area contributed by atoms with E-state index in [1.54, 1.807) is 51.1 Å². The molecule has 50 heavy (non-hydrogen) atoms. The van der Waals surface area contributed by atoms with Gasteiger partial charge < -0.3 is 31.1 Å². The molecular weight excluding hydrogens is 641 g/mol. The van der Waals surface area contributed by atoms with Gasteiger partial charge in [-0.25, -0.2) is 4.39 Å². The van der Waals surface area contributed by atoms with Gasteiger partial charge in [-0.05, 0) is 88.1 Å². The fourth-order valence-electron chi connectivity index (χ4n) is 4.66. The summed E-state index contributed by atoms with van der Waals surface area (Å²) < 4.78 is 19.4. The molecule has 0 aliphatic carbocycles. The average Bonchev–Trinajstić information content (AvgIpc) is 3.05. The monoisotopic (exact) mass is 685 g/mol. The molecule has 3 aromatic carbocycles. The number of ether oxygens (including phenoxy) is 1. The zero-order valence-corrected chi connectivity index (χ0v) is 28.9. The summed E-state index contributed by atoms with van der Waals surface area (Å²) in [6, 6.07) is 19.1. The van der Waals surface area contributed by atoms with Crippen LogP contribution in [0, 0.1) is 24.1 Å². The Morgan fingerprint density at radius 1 is 0.960 bits per heavy atom. The molecule has 0 spiro atoms. The van der Waals surface area contributed by atoms with Crippen molar-refractivity contribution in [2.24, 2.45) is 0 Å². The van der Waals surface area contributed by atoms with Crippen LogP contribution in [0.3, 0.4) is 0 Å². The van der Waals surface area contributed by atoms with Crippen LogP contribution in [-0.4, -0.2) is 59.1 Å². The third-order valence-corrected chi connectivity index (χ3v) is 7.27. The van der Waals surface area contributed by atoms with Gasteiger partial charge in [0, 0.05) is 18.5 Å². The van der Waals surface area contributed by atoms with E-state index in [-0.39, 0.29) is 37.3 Å². The van der Waals surface area contributed by atoms with E-state index in [0.29, 0.717) is 11.1 Å². The Hall–Kier alpha value is -5.54. The van der Waals surface area contributed by atoms with E-state index < -0.39 is 53.2 Å². The molecule has 0 bridgehead atoms. The fourth-order valence-corrected chi connectivity index (χ4v) is 4.66. The van der Waals surface area contributed by atoms with Crippen LogP contribution in [0.5, 0.6) is 5.75 Å². The number of nitrogens with one attached hydrogen (secondary N) is 4. The molecule has 0 fully saturated rings. The number of aliphatic hydroxyl groups is 1. The summed E-state index contributed by atoms with van der Waals surface area (Å²) in [6.45, 7) is 8.49. The number of hydrogen-bond acceptors (Lipinski definition) is 7. The highest BCUT2D eigenvalue weighted by molar-refractivity contribution is 6.02. The fraction of sp³-hybridized carbons (Fsp3) is 0.342. The van der Waals surface area contributed by atoms with Crippen molar-refractivity contribution >= 4 is 29.7 Å². The highest BCUT2D eigenvalue weighted by atomic mass is 19.1. The number of carbonyl (C=O) groups excluding carboxylic acids is 4. The number of aliphatic hydroxyl groups excluding tert-OH is 1. The summed E-state index contributed by atoms with van der Waals surface area (Å²) in [4.78, 5) is 52.1. The number of carbonyl (C=O) groups is 4. The second kappa shape index (κ2) is 18.3. The number of amides is 4. The van der Waals surface area contributed by atoms with Gasteiger partial charge in [-0.3, -0.25) is 19.2 Å². The van der Waals surface area contributed by atoms with Gasteiger partial charge in [0.2, 0.25) is 17.7 Å². The maximum Gasteiger partial charge on any atom is 0.262 e. The molecule has 0 unspecified atom stereocenters. The first kappa shape index (κ1) is 38.9. The van der Waals surface area contributed by atoms with Gasteiger partial charge in [0.1, 0.15) is 41.9 Å². The van der Waals surface area contributed by atoms with E-state index in [0.717, 1.165) is 11.1 Å². The van der Waals surface area contributed by atoms with E-state index in [1.807, 2.05) is 37.3 Å². The van der Waals surface area contributed by atoms with Crippen LogP contribution in [-0.2, 0) is 32.1 Å². The Balaban J connectivity index is 1.75. The average molecular weight is 686 g/mol. The molecule has 3 rings (SSSR count). The number of nitriles is 1. The molecule has 0 radical (unpaired) electrons. The minimum absolute atomic E-state index is 0.0697. The van der Waals surface area contributed by atoms with E-state index >= 15 is 0 Å². The molecule has 0 aliphatic rings.